The summed E-state index contributed by atoms with van der Waals surface area (Å²) in [4.78, 5) is 7.13. The van der Waals surface area contributed by atoms with Crippen molar-refractivity contribution >= 4 is 94.5 Å². The molecule has 0 aliphatic carbocycles. The van der Waals surface area contributed by atoms with E-state index in [1.165, 1.54) is 37.8 Å². The summed E-state index contributed by atoms with van der Waals surface area (Å²) in [6.07, 6.45) is 0. The summed E-state index contributed by atoms with van der Waals surface area (Å²) in [5, 5.41) is 7.25. The van der Waals surface area contributed by atoms with E-state index in [0.29, 0.717) is 0 Å². The molecule has 0 saturated carbocycles. The van der Waals surface area contributed by atoms with Crippen LogP contribution >= 0.6 is 0 Å². The largest absolute Gasteiger partial charge is 0.310 e. The molecule has 0 N–H and O–H groups in total. The van der Waals surface area contributed by atoms with Gasteiger partial charge in [0.15, 0.2) is 0 Å². The molecule has 12 aromatic rings. The Morgan fingerprint density at radius 3 is 1.11 bits per heavy atom. The quantitative estimate of drug-likeness (QED) is 0.136. The Hall–Kier alpha value is -8.86. The Bertz CT molecular complexity index is 3510. The number of hydrogen-bond acceptors (Lipinski definition) is 3. The lowest BCUT2D eigenvalue weighted by molar-refractivity contribution is 1.18. The summed E-state index contributed by atoms with van der Waals surface area (Å²) in [6, 6.07) is 96.2. The van der Waals surface area contributed by atoms with Crippen molar-refractivity contribution in [1.29, 1.82) is 0 Å². The van der Waals surface area contributed by atoms with Crippen LogP contribution < -0.4 is 14.7 Å². The molecule has 0 aliphatic rings. The van der Waals surface area contributed by atoms with Crippen LogP contribution in [-0.4, -0.2) is 4.57 Å². The van der Waals surface area contributed by atoms with Gasteiger partial charge in [-0.15, -0.1) is 0 Å². The van der Waals surface area contributed by atoms with E-state index in [2.05, 4.69) is 286 Å². The molecule has 0 fully saturated rings. The average molecular weight is 845 g/mol. The highest BCUT2D eigenvalue weighted by atomic mass is 15.2. The molecule has 0 spiro atoms. The van der Waals surface area contributed by atoms with Crippen molar-refractivity contribution in [1.82, 2.24) is 4.57 Å². The second kappa shape index (κ2) is 16.7. The van der Waals surface area contributed by atoms with Crippen molar-refractivity contribution in [3.8, 4) is 5.69 Å². The van der Waals surface area contributed by atoms with E-state index < -0.39 is 0 Å². The number of anilines is 9. The van der Waals surface area contributed by atoms with Crippen LogP contribution in [0.4, 0.5) is 51.2 Å². The third kappa shape index (κ3) is 7.08. The highest BCUT2D eigenvalue weighted by Crippen LogP contribution is 2.45. The standard InChI is InChI=1S/C62H44N4/c1-4-22-49(23-5-1)63(56-36-34-45-18-10-12-20-47(45)40-56)52-28-16-30-54(42-52)65(58-38-39-60-59-32-14-15-33-61(59)66(62(60)44-58)51-26-8-3-9-27-51)55-31-17-29-53(43-55)64(50-24-6-2-7-25-50)57-37-35-46-19-11-13-21-48(46)41-57/h1-44H. The van der Waals surface area contributed by atoms with Gasteiger partial charge in [-0.3, -0.25) is 0 Å². The lowest BCUT2D eigenvalue weighted by Gasteiger charge is -2.31. The lowest BCUT2D eigenvalue weighted by atomic mass is 10.1. The van der Waals surface area contributed by atoms with Crippen LogP contribution in [-0.2, 0) is 0 Å². The first-order chi connectivity index (χ1) is 32.7. The molecule has 12 rings (SSSR count). The minimum atomic E-state index is 1.03. The maximum atomic E-state index is 2.41. The minimum Gasteiger partial charge on any atom is -0.310 e. The third-order valence-corrected chi connectivity index (χ3v) is 12.6. The van der Waals surface area contributed by atoms with E-state index in [0.717, 1.165) is 62.4 Å². The van der Waals surface area contributed by atoms with Gasteiger partial charge in [-0.1, -0.05) is 152 Å². The van der Waals surface area contributed by atoms with Crippen molar-refractivity contribution in [2.45, 2.75) is 0 Å². The highest BCUT2D eigenvalue weighted by Gasteiger charge is 2.22. The van der Waals surface area contributed by atoms with Crippen molar-refractivity contribution in [2.24, 2.45) is 0 Å². The second-order valence-corrected chi connectivity index (χ2v) is 16.7. The van der Waals surface area contributed by atoms with Crippen LogP contribution in [0.5, 0.6) is 0 Å². The number of aromatic nitrogens is 1. The zero-order valence-corrected chi connectivity index (χ0v) is 36.2. The van der Waals surface area contributed by atoms with Crippen LogP contribution in [0.2, 0.25) is 0 Å². The van der Waals surface area contributed by atoms with Gasteiger partial charge in [0.25, 0.3) is 0 Å². The molecule has 4 nitrogen and oxygen atoms in total. The molecule has 0 bridgehead atoms. The van der Waals surface area contributed by atoms with Gasteiger partial charge in [-0.05, 0) is 137 Å². The molecule has 1 heterocycles. The van der Waals surface area contributed by atoms with Gasteiger partial charge in [-0.2, -0.15) is 0 Å². The Morgan fingerprint density at radius 1 is 0.212 bits per heavy atom. The lowest BCUT2D eigenvalue weighted by Crippen LogP contribution is -2.14. The van der Waals surface area contributed by atoms with Crippen LogP contribution in [0.1, 0.15) is 0 Å². The Kier molecular flexibility index (Phi) is 9.81. The van der Waals surface area contributed by atoms with Crippen LogP contribution in [0.15, 0.2) is 267 Å². The molecular formula is C62H44N4. The van der Waals surface area contributed by atoms with Crippen LogP contribution in [0.25, 0.3) is 49.0 Å². The summed E-state index contributed by atoms with van der Waals surface area (Å²) in [5.74, 6) is 0. The fraction of sp³-hybridized carbons (Fsp3) is 0. The Morgan fingerprint density at radius 2 is 0.576 bits per heavy atom. The minimum absolute atomic E-state index is 1.03. The number of fused-ring (bicyclic) bond motifs is 5. The van der Waals surface area contributed by atoms with E-state index in [1.54, 1.807) is 0 Å². The monoisotopic (exact) mass is 844 g/mol. The summed E-state index contributed by atoms with van der Waals surface area (Å²) in [6.45, 7) is 0. The molecule has 0 saturated heterocycles. The molecular weight excluding hydrogens is 801 g/mol. The maximum absolute atomic E-state index is 2.41. The average Bonchev–Trinajstić information content (AvgIpc) is 3.71. The van der Waals surface area contributed by atoms with Gasteiger partial charge < -0.3 is 19.3 Å². The summed E-state index contributed by atoms with van der Waals surface area (Å²) < 4.78 is 2.40. The number of nitrogens with zero attached hydrogens (tertiary/aromatic N) is 4. The molecule has 0 radical (unpaired) electrons. The number of benzene rings is 11. The SMILES string of the molecule is c1ccc(N(c2cccc(N(c3cccc(N(c4ccccc4)c4ccc5ccccc5c4)c3)c3ccc4c5ccccc5n(-c5ccccc5)c4c3)c2)c2ccc3ccccc3c2)cc1. The van der Waals surface area contributed by atoms with E-state index in [4.69, 9.17) is 0 Å². The number of para-hydroxylation sites is 4. The van der Waals surface area contributed by atoms with Crippen molar-refractivity contribution in [2.75, 3.05) is 14.7 Å². The van der Waals surface area contributed by atoms with Crippen molar-refractivity contribution in [3.63, 3.8) is 0 Å². The van der Waals surface area contributed by atoms with E-state index in [1.807, 2.05) is 0 Å². The molecule has 0 atom stereocenters. The fourth-order valence-corrected chi connectivity index (χ4v) is 9.62. The van der Waals surface area contributed by atoms with Gasteiger partial charge in [0.05, 0.1) is 11.0 Å². The highest BCUT2D eigenvalue weighted by molar-refractivity contribution is 6.10. The van der Waals surface area contributed by atoms with Crippen LogP contribution in [0, 0.1) is 0 Å². The molecule has 4 heteroatoms. The van der Waals surface area contributed by atoms with Crippen molar-refractivity contribution in [3.05, 3.63) is 267 Å². The zero-order valence-electron chi connectivity index (χ0n) is 36.2. The topological polar surface area (TPSA) is 14.7 Å². The predicted octanol–water partition coefficient (Wildman–Crippen LogP) is 17.5. The Balaban J connectivity index is 1.08. The van der Waals surface area contributed by atoms with Crippen molar-refractivity contribution < 1.29 is 0 Å². The van der Waals surface area contributed by atoms with E-state index in [-0.39, 0.29) is 0 Å². The fourth-order valence-electron chi connectivity index (χ4n) is 9.62. The molecule has 0 unspecified atom stereocenters. The Labute approximate surface area is 384 Å². The van der Waals surface area contributed by atoms with Gasteiger partial charge in [0.2, 0.25) is 0 Å². The van der Waals surface area contributed by atoms with Crippen LogP contribution in [0.3, 0.4) is 0 Å². The molecule has 0 aliphatic heterocycles. The molecule has 66 heavy (non-hydrogen) atoms. The first-order valence-corrected chi connectivity index (χ1v) is 22.5. The smallest absolute Gasteiger partial charge is 0.0561 e. The second-order valence-electron chi connectivity index (χ2n) is 16.7. The van der Waals surface area contributed by atoms with Gasteiger partial charge in [-0.25, -0.2) is 0 Å². The molecule has 0 amide bonds. The molecule has 312 valence electrons. The number of rotatable bonds is 10. The first kappa shape index (κ1) is 38.8. The summed E-state index contributed by atoms with van der Waals surface area (Å²) >= 11 is 0. The predicted molar refractivity (Wildman–Crippen MR) is 280 cm³/mol. The number of hydrogen-bond donors (Lipinski definition) is 0. The summed E-state index contributed by atoms with van der Waals surface area (Å²) in [5.41, 5.74) is 13.0. The third-order valence-electron chi connectivity index (χ3n) is 12.6. The maximum Gasteiger partial charge on any atom is 0.0561 e. The van der Waals surface area contributed by atoms with E-state index in [9.17, 15) is 0 Å². The zero-order chi connectivity index (χ0) is 43.8. The summed E-state index contributed by atoms with van der Waals surface area (Å²) in [7, 11) is 0. The molecule has 1 aromatic heterocycles. The van der Waals surface area contributed by atoms with Gasteiger partial charge in [0, 0.05) is 67.6 Å². The van der Waals surface area contributed by atoms with Gasteiger partial charge in [0.1, 0.15) is 0 Å². The normalized spacial score (nSPS) is 11.3. The first-order valence-electron chi connectivity index (χ1n) is 22.5. The van der Waals surface area contributed by atoms with Gasteiger partial charge >= 0.3 is 0 Å². The van der Waals surface area contributed by atoms with E-state index >= 15 is 0 Å². The molecule has 11 aromatic carbocycles.